The van der Waals surface area contributed by atoms with Crippen LogP contribution in [0.4, 0.5) is 28.4 Å². The number of fused-ring (bicyclic) bond motifs is 13. The molecular weight excluding hydrogens is 836 g/mol. The van der Waals surface area contributed by atoms with Crippen molar-refractivity contribution in [1.82, 2.24) is 0 Å². The van der Waals surface area contributed by atoms with Crippen LogP contribution in [0.25, 0.3) is 77.2 Å². The van der Waals surface area contributed by atoms with Crippen molar-refractivity contribution < 1.29 is 4.42 Å². The first-order chi connectivity index (χ1) is 33.6. The van der Waals surface area contributed by atoms with Crippen LogP contribution in [0.15, 0.2) is 211 Å². The van der Waals surface area contributed by atoms with Crippen LogP contribution in [0, 0.1) is 0 Å². The van der Waals surface area contributed by atoms with Crippen molar-refractivity contribution in [2.45, 2.75) is 45.4 Å². The van der Waals surface area contributed by atoms with Crippen LogP contribution in [0.3, 0.4) is 0 Å². The topological polar surface area (TPSA) is 19.6 Å². The normalized spacial score (nSPS) is 14.2. The predicted molar refractivity (Wildman–Crippen MR) is 292 cm³/mol. The number of benzene rings is 10. The van der Waals surface area contributed by atoms with Crippen molar-refractivity contribution in [2.24, 2.45) is 0 Å². The van der Waals surface area contributed by atoms with E-state index in [9.17, 15) is 0 Å². The molecule has 2 aliphatic heterocycles. The number of hydrogen-bond donors (Lipinski definition) is 0. The van der Waals surface area contributed by atoms with Gasteiger partial charge in [-0.25, -0.2) is 0 Å². The minimum absolute atomic E-state index is 0.0629. The Balaban J connectivity index is 1.17. The smallest absolute Gasteiger partial charge is 0.333 e. The summed E-state index contributed by atoms with van der Waals surface area (Å²) < 4.78 is 7.05. The van der Waals surface area contributed by atoms with Gasteiger partial charge in [-0.15, -0.1) is 0 Å². The van der Waals surface area contributed by atoms with Gasteiger partial charge in [0.1, 0.15) is 11.2 Å². The first kappa shape index (κ1) is 40.0. The molecule has 0 bridgehead atoms. The van der Waals surface area contributed by atoms with Crippen molar-refractivity contribution >= 4 is 78.9 Å². The van der Waals surface area contributed by atoms with Crippen molar-refractivity contribution in [3.05, 3.63) is 223 Å². The highest BCUT2D eigenvalue weighted by molar-refractivity contribution is 6.94. The molecule has 0 N–H and O–H groups in total. The fraction of sp³-hybridized carbons (Fsp3) is 0.108. The Morgan fingerprint density at radius 1 is 0.464 bits per heavy atom. The van der Waals surface area contributed by atoms with Gasteiger partial charge in [-0.3, -0.25) is 0 Å². The zero-order valence-corrected chi connectivity index (χ0v) is 39.5. The summed E-state index contributed by atoms with van der Waals surface area (Å²) in [6.45, 7) is 11.5. The molecule has 4 heteroatoms. The number of nitrogens with zero attached hydrogens (tertiary/aromatic N) is 2. The van der Waals surface area contributed by atoms with Gasteiger partial charge in [0.05, 0.1) is 16.8 Å². The van der Waals surface area contributed by atoms with E-state index in [1.165, 1.54) is 100.0 Å². The van der Waals surface area contributed by atoms with E-state index in [1.807, 2.05) is 0 Å². The first-order valence-corrected chi connectivity index (χ1v) is 24.4. The highest BCUT2D eigenvalue weighted by Crippen LogP contribution is 2.56. The summed E-state index contributed by atoms with van der Waals surface area (Å²) >= 11 is 0. The maximum absolute atomic E-state index is 7.05. The van der Waals surface area contributed by atoms with Crippen molar-refractivity contribution in [3.8, 4) is 44.5 Å². The van der Waals surface area contributed by atoms with E-state index >= 15 is 0 Å². The molecule has 0 radical (unpaired) electrons. The molecule has 3 nitrogen and oxygen atoms in total. The third kappa shape index (κ3) is 5.75. The fourth-order valence-electron chi connectivity index (χ4n) is 12.2. The summed E-state index contributed by atoms with van der Waals surface area (Å²) in [5.74, 6) is 0. The molecule has 0 amide bonds. The molecule has 0 spiro atoms. The van der Waals surface area contributed by atoms with Gasteiger partial charge in [0.15, 0.2) is 0 Å². The Hall–Kier alpha value is -8.08. The zero-order chi connectivity index (χ0) is 46.3. The molecule has 0 saturated heterocycles. The van der Waals surface area contributed by atoms with Crippen LogP contribution in [-0.4, -0.2) is 6.85 Å². The lowest BCUT2D eigenvalue weighted by Gasteiger charge is -2.47. The summed E-state index contributed by atoms with van der Waals surface area (Å²) in [5.41, 5.74) is 23.7. The maximum atomic E-state index is 7.05. The van der Waals surface area contributed by atoms with Crippen LogP contribution in [0.2, 0.25) is 0 Å². The van der Waals surface area contributed by atoms with Crippen molar-refractivity contribution in [1.29, 1.82) is 0 Å². The molecule has 328 valence electrons. The standard InChI is InChI=1S/C65H49BN2O/c1-64(2,3)44-31-35-56(50(36-44)42-20-10-7-11-21-42)67-57-39-54-51(47-24-14-16-26-53(47)65(54,4)5)37-55(57)66-61-52(38-59-60(63(61)67)49-25-15-17-27-58(49)69-59)48-34-30-43-22-12-13-23-46(43)62(48)68(66)45-32-28-41(29-33-45)40-18-8-6-9-19-40/h6-39H,1-5H3. The van der Waals surface area contributed by atoms with E-state index in [0.29, 0.717) is 0 Å². The number of hydrogen-bond acceptors (Lipinski definition) is 3. The molecule has 10 aromatic carbocycles. The highest BCUT2D eigenvalue weighted by atomic mass is 16.3. The Bertz CT molecular complexity index is 3920. The maximum Gasteiger partial charge on any atom is 0.333 e. The second-order valence-electron chi connectivity index (χ2n) is 20.8. The SMILES string of the molecule is CC(C)(C)c1ccc(N2c3cc4c(cc3B3c5c(cc6oc7ccccc7c6c52)-c2ccc5ccccc5c2N3c2ccc(-c3ccccc3)cc2)-c2ccccc2C4(C)C)c(-c2ccccc2)c1. The van der Waals surface area contributed by atoms with Crippen LogP contribution < -0.4 is 20.6 Å². The summed E-state index contributed by atoms with van der Waals surface area (Å²) in [5, 5.41) is 4.68. The van der Waals surface area contributed by atoms with Crippen LogP contribution in [-0.2, 0) is 10.8 Å². The summed E-state index contributed by atoms with van der Waals surface area (Å²) in [4.78, 5) is 5.33. The fourth-order valence-corrected chi connectivity index (χ4v) is 12.2. The average molecular weight is 885 g/mol. The quantitative estimate of drug-likeness (QED) is 0.164. The van der Waals surface area contributed by atoms with E-state index in [2.05, 4.69) is 251 Å². The largest absolute Gasteiger partial charge is 0.456 e. The predicted octanol–water partition coefficient (Wildman–Crippen LogP) is 16.4. The van der Waals surface area contributed by atoms with Crippen LogP contribution in [0.1, 0.15) is 51.3 Å². The average Bonchev–Trinajstić information content (AvgIpc) is 3.87. The zero-order valence-electron chi connectivity index (χ0n) is 39.5. The molecule has 0 fully saturated rings. The Kier molecular flexibility index (Phi) is 8.39. The van der Waals surface area contributed by atoms with Crippen LogP contribution >= 0.6 is 0 Å². The first-order valence-electron chi connectivity index (χ1n) is 24.4. The lowest BCUT2D eigenvalue weighted by Crippen LogP contribution is -2.61. The minimum Gasteiger partial charge on any atom is -0.456 e. The van der Waals surface area contributed by atoms with Gasteiger partial charge in [-0.05, 0) is 114 Å². The molecule has 3 aliphatic rings. The van der Waals surface area contributed by atoms with Gasteiger partial charge in [0, 0.05) is 44.4 Å². The summed E-state index contributed by atoms with van der Waals surface area (Å²) in [7, 11) is 0. The molecule has 69 heavy (non-hydrogen) atoms. The molecule has 3 heterocycles. The molecule has 0 unspecified atom stereocenters. The summed E-state index contributed by atoms with van der Waals surface area (Å²) in [6.07, 6.45) is 0. The Morgan fingerprint density at radius 2 is 1.14 bits per heavy atom. The highest BCUT2D eigenvalue weighted by Gasteiger charge is 2.49. The van der Waals surface area contributed by atoms with Crippen LogP contribution in [0.5, 0.6) is 0 Å². The second kappa shape index (κ2) is 14.5. The van der Waals surface area contributed by atoms with E-state index in [-0.39, 0.29) is 17.7 Å². The van der Waals surface area contributed by atoms with Crippen molar-refractivity contribution in [2.75, 3.05) is 9.71 Å². The Labute approximate surface area is 404 Å². The molecule has 1 aromatic heterocycles. The number of para-hydroxylation sites is 1. The van der Waals surface area contributed by atoms with Crippen molar-refractivity contribution in [3.63, 3.8) is 0 Å². The third-order valence-corrected chi connectivity index (χ3v) is 15.6. The molecule has 11 aromatic rings. The van der Waals surface area contributed by atoms with Gasteiger partial charge in [-0.1, -0.05) is 198 Å². The molecule has 0 saturated carbocycles. The Morgan fingerprint density at radius 3 is 1.93 bits per heavy atom. The number of furan rings is 1. The number of rotatable bonds is 4. The molecule has 14 rings (SSSR count). The lowest BCUT2D eigenvalue weighted by molar-refractivity contribution is 0.590. The number of anilines is 5. The monoisotopic (exact) mass is 884 g/mol. The van der Waals surface area contributed by atoms with Gasteiger partial charge in [-0.2, -0.15) is 0 Å². The van der Waals surface area contributed by atoms with E-state index in [0.717, 1.165) is 33.3 Å². The summed E-state index contributed by atoms with van der Waals surface area (Å²) in [6, 6.07) is 77.0. The third-order valence-electron chi connectivity index (χ3n) is 15.6. The van der Waals surface area contributed by atoms with Gasteiger partial charge < -0.3 is 14.1 Å². The van der Waals surface area contributed by atoms with Gasteiger partial charge in [0.2, 0.25) is 0 Å². The van der Waals surface area contributed by atoms with Gasteiger partial charge >= 0.3 is 6.85 Å². The van der Waals surface area contributed by atoms with E-state index in [1.54, 1.807) is 0 Å². The van der Waals surface area contributed by atoms with E-state index in [4.69, 9.17) is 4.42 Å². The molecule has 1 aliphatic carbocycles. The lowest BCUT2D eigenvalue weighted by atomic mass is 9.43. The molecular formula is C65H49BN2O. The second-order valence-corrected chi connectivity index (χ2v) is 20.8. The molecule has 0 atom stereocenters. The van der Waals surface area contributed by atoms with Gasteiger partial charge in [0.25, 0.3) is 0 Å². The minimum atomic E-state index is -0.229. The van der Waals surface area contributed by atoms with E-state index < -0.39 is 0 Å².